The van der Waals surface area contributed by atoms with Crippen LogP contribution in [0.25, 0.3) is 0 Å². The molecule has 7 nitrogen and oxygen atoms in total. The number of nitrogens with one attached hydrogen (secondary N) is 2. The van der Waals surface area contributed by atoms with E-state index in [9.17, 15) is 16.8 Å². The van der Waals surface area contributed by atoms with Crippen molar-refractivity contribution in [1.29, 1.82) is 5.41 Å². The van der Waals surface area contributed by atoms with E-state index in [1.807, 2.05) is 0 Å². The second-order valence-corrected chi connectivity index (χ2v) is 9.92. The summed E-state index contributed by atoms with van der Waals surface area (Å²) in [6.45, 7) is 0. The Morgan fingerprint density at radius 2 is 1.52 bits per heavy atom. The van der Waals surface area contributed by atoms with Crippen LogP contribution in [0.1, 0.15) is 44.9 Å². The number of amidine groups is 1. The van der Waals surface area contributed by atoms with Gasteiger partial charge < -0.3 is 5.73 Å². The van der Waals surface area contributed by atoms with Gasteiger partial charge in [0.25, 0.3) is 0 Å². The Morgan fingerprint density at radius 3 is 1.95 bits per heavy atom. The van der Waals surface area contributed by atoms with Crippen LogP contribution in [0.2, 0.25) is 0 Å². The van der Waals surface area contributed by atoms with Gasteiger partial charge in [0.2, 0.25) is 10.0 Å². The molecule has 0 saturated heterocycles. The molecule has 0 amide bonds. The van der Waals surface area contributed by atoms with Gasteiger partial charge in [-0.1, -0.05) is 32.1 Å². The molecule has 0 unspecified atom stereocenters. The van der Waals surface area contributed by atoms with Gasteiger partial charge >= 0.3 is 0 Å². The smallest absolute Gasteiger partial charge is 0.213 e. The van der Waals surface area contributed by atoms with Gasteiger partial charge in [-0.3, -0.25) is 5.41 Å². The predicted octanol–water partition coefficient (Wildman–Crippen LogP) is 0.369. The highest BCUT2D eigenvalue weighted by Gasteiger charge is 2.37. The summed E-state index contributed by atoms with van der Waals surface area (Å²) in [5.41, 5.74) is 4.59. The van der Waals surface area contributed by atoms with Crippen molar-refractivity contribution < 1.29 is 16.8 Å². The fourth-order valence-electron chi connectivity index (χ4n) is 2.55. The van der Waals surface area contributed by atoms with Gasteiger partial charge in [0, 0.05) is 6.26 Å². The summed E-state index contributed by atoms with van der Waals surface area (Å²) in [6.07, 6.45) is 6.65. The third kappa shape index (κ3) is 6.31. The van der Waals surface area contributed by atoms with E-state index < -0.39 is 36.9 Å². The van der Waals surface area contributed by atoms with Crippen LogP contribution in [0, 0.1) is 5.41 Å². The molecule has 4 N–H and O–H groups in total. The van der Waals surface area contributed by atoms with Crippen LogP contribution in [0.3, 0.4) is 0 Å². The number of sulfonamides is 1. The second kappa shape index (κ2) is 7.06. The molecule has 1 rings (SSSR count). The van der Waals surface area contributed by atoms with Crippen molar-refractivity contribution in [3.05, 3.63) is 0 Å². The number of hydrogen-bond acceptors (Lipinski definition) is 5. The molecular weight excluding hydrogens is 314 g/mol. The van der Waals surface area contributed by atoms with E-state index in [-0.39, 0.29) is 5.84 Å². The molecule has 0 aromatic heterocycles. The Labute approximate surface area is 127 Å². The summed E-state index contributed by atoms with van der Waals surface area (Å²) in [6, 6.07) is 0. The Morgan fingerprint density at radius 1 is 1.05 bits per heavy atom. The largest absolute Gasteiger partial charge is 0.386 e. The molecule has 0 bridgehead atoms. The van der Waals surface area contributed by atoms with Gasteiger partial charge in [0.1, 0.15) is 15.7 Å². The first kappa shape index (κ1) is 18.4. The zero-order valence-electron chi connectivity index (χ0n) is 12.4. The third-order valence-corrected chi connectivity index (χ3v) is 6.44. The summed E-state index contributed by atoms with van der Waals surface area (Å²) in [7, 11) is -7.15. The number of rotatable bonds is 6. The van der Waals surface area contributed by atoms with Crippen LogP contribution in [0.15, 0.2) is 0 Å². The van der Waals surface area contributed by atoms with Crippen molar-refractivity contribution >= 4 is 25.7 Å². The second-order valence-electron chi connectivity index (χ2n) is 5.81. The Kier molecular flexibility index (Phi) is 6.18. The fourth-order valence-corrected chi connectivity index (χ4v) is 5.65. The van der Waals surface area contributed by atoms with E-state index in [1.165, 1.54) is 0 Å². The maximum absolute atomic E-state index is 12.1. The number of sulfone groups is 1. The number of nitrogens with two attached hydrogens (primary N) is 1. The van der Waals surface area contributed by atoms with E-state index in [0.717, 1.165) is 38.4 Å². The molecule has 9 heteroatoms. The summed E-state index contributed by atoms with van der Waals surface area (Å²) < 4.78 is 49.0. The van der Waals surface area contributed by atoms with Crippen molar-refractivity contribution in [1.82, 2.24) is 4.72 Å². The van der Waals surface area contributed by atoms with Crippen LogP contribution in [0.5, 0.6) is 0 Å². The van der Waals surface area contributed by atoms with Crippen LogP contribution >= 0.6 is 0 Å². The molecule has 0 spiro atoms. The zero-order valence-corrected chi connectivity index (χ0v) is 14.0. The molecule has 21 heavy (non-hydrogen) atoms. The first-order chi connectivity index (χ1) is 9.56. The lowest BCUT2D eigenvalue weighted by Gasteiger charge is -2.34. The van der Waals surface area contributed by atoms with Crippen LogP contribution in [-0.4, -0.2) is 46.0 Å². The maximum atomic E-state index is 12.1. The van der Waals surface area contributed by atoms with E-state index in [0.29, 0.717) is 12.8 Å². The van der Waals surface area contributed by atoms with Crippen LogP contribution in [0.4, 0.5) is 0 Å². The molecule has 1 fully saturated rings. The SMILES string of the molecule is CS(=O)(=O)CCS(=O)(=O)NC1(C(=N)N)CCCCCCC1. The average molecular weight is 339 g/mol. The monoisotopic (exact) mass is 339 g/mol. The minimum Gasteiger partial charge on any atom is -0.386 e. The average Bonchev–Trinajstić information content (AvgIpc) is 2.29. The molecule has 0 heterocycles. The lowest BCUT2D eigenvalue weighted by atomic mass is 9.84. The Bertz CT molecular complexity index is 561. The Balaban J connectivity index is 2.87. The summed E-state index contributed by atoms with van der Waals surface area (Å²) in [5, 5.41) is 7.77. The quantitative estimate of drug-likeness (QED) is 0.475. The predicted molar refractivity (Wildman–Crippen MR) is 83.6 cm³/mol. The first-order valence-electron chi connectivity index (χ1n) is 7.10. The Hall–Kier alpha value is -0.670. The lowest BCUT2D eigenvalue weighted by molar-refractivity contribution is 0.367. The van der Waals surface area contributed by atoms with Gasteiger partial charge in [0.15, 0.2) is 0 Å². The summed E-state index contributed by atoms with van der Waals surface area (Å²) >= 11 is 0. The topological polar surface area (TPSA) is 130 Å². The minimum absolute atomic E-state index is 0.188. The minimum atomic E-state index is -3.80. The van der Waals surface area contributed by atoms with Crippen LogP contribution in [-0.2, 0) is 19.9 Å². The van der Waals surface area contributed by atoms with E-state index in [1.54, 1.807) is 0 Å². The van der Waals surface area contributed by atoms with Crippen molar-refractivity contribution in [2.75, 3.05) is 17.8 Å². The van der Waals surface area contributed by atoms with Gasteiger partial charge in [-0.05, 0) is 12.8 Å². The maximum Gasteiger partial charge on any atom is 0.213 e. The molecule has 1 saturated carbocycles. The highest BCUT2D eigenvalue weighted by Crippen LogP contribution is 2.27. The molecule has 0 aromatic carbocycles. The normalized spacial score (nSPS) is 20.4. The number of hydrogen-bond donors (Lipinski definition) is 3. The lowest BCUT2D eigenvalue weighted by Crippen LogP contribution is -2.58. The summed E-state index contributed by atoms with van der Waals surface area (Å²) in [4.78, 5) is 0. The van der Waals surface area contributed by atoms with Gasteiger partial charge in [0.05, 0.1) is 17.0 Å². The van der Waals surface area contributed by atoms with Crippen LogP contribution < -0.4 is 10.5 Å². The molecule has 1 aliphatic carbocycles. The fraction of sp³-hybridized carbons (Fsp3) is 0.917. The molecule has 0 atom stereocenters. The first-order valence-corrected chi connectivity index (χ1v) is 10.8. The molecule has 124 valence electrons. The molecule has 0 aliphatic heterocycles. The molecule has 0 radical (unpaired) electrons. The van der Waals surface area contributed by atoms with Crippen molar-refractivity contribution in [3.8, 4) is 0 Å². The zero-order chi connectivity index (χ0) is 16.1. The third-order valence-electron chi connectivity index (χ3n) is 3.80. The van der Waals surface area contributed by atoms with Crippen molar-refractivity contribution in [2.24, 2.45) is 5.73 Å². The van der Waals surface area contributed by atoms with E-state index in [2.05, 4.69) is 4.72 Å². The van der Waals surface area contributed by atoms with Gasteiger partial charge in [-0.2, -0.15) is 0 Å². The van der Waals surface area contributed by atoms with E-state index in [4.69, 9.17) is 11.1 Å². The highest BCUT2D eigenvalue weighted by atomic mass is 32.2. The van der Waals surface area contributed by atoms with Gasteiger partial charge in [-0.15, -0.1) is 0 Å². The highest BCUT2D eigenvalue weighted by molar-refractivity contribution is 7.93. The summed E-state index contributed by atoms with van der Waals surface area (Å²) in [5.74, 6) is -1.12. The molecule has 1 aliphatic rings. The standard InChI is InChI=1S/C12H25N3O4S2/c1-20(16,17)9-10-21(18,19)15-12(11(13)14)7-5-3-2-4-6-8-12/h15H,2-10H2,1H3,(H3,13,14). The molecule has 0 aromatic rings. The van der Waals surface area contributed by atoms with Gasteiger partial charge in [-0.25, -0.2) is 21.6 Å². The van der Waals surface area contributed by atoms with E-state index >= 15 is 0 Å². The van der Waals surface area contributed by atoms with Crippen molar-refractivity contribution in [2.45, 2.75) is 50.5 Å². The molecular formula is C12H25N3O4S2. The van der Waals surface area contributed by atoms with Crippen molar-refractivity contribution in [3.63, 3.8) is 0 Å².